The van der Waals surface area contributed by atoms with Crippen molar-refractivity contribution in [2.24, 2.45) is 0 Å². The number of carbonyl (C=O) groups is 1. The first-order valence-corrected chi connectivity index (χ1v) is 7.03. The fourth-order valence-electron chi connectivity index (χ4n) is 1.86. The summed E-state index contributed by atoms with van der Waals surface area (Å²) >= 11 is 0. The van der Waals surface area contributed by atoms with Gasteiger partial charge in [0.15, 0.2) is 11.5 Å². The standard InChI is InChI=1S/C17H19NO4/c1-3-21-15-6-4-5-7-16(15)22-17(19)18-12-13-8-10-14(20-2)11-9-13/h4-11H,3,12H2,1-2H3,(H,18,19). The van der Waals surface area contributed by atoms with Crippen molar-refractivity contribution in [3.05, 3.63) is 54.1 Å². The van der Waals surface area contributed by atoms with Crippen LogP contribution in [0.15, 0.2) is 48.5 Å². The number of ether oxygens (including phenoxy) is 3. The molecule has 0 saturated carbocycles. The molecule has 2 rings (SSSR count). The number of benzene rings is 2. The van der Waals surface area contributed by atoms with Gasteiger partial charge in [0.05, 0.1) is 13.7 Å². The molecule has 0 aromatic heterocycles. The van der Waals surface area contributed by atoms with Gasteiger partial charge in [0.2, 0.25) is 0 Å². The molecule has 2 aromatic rings. The Bertz CT molecular complexity index is 610. The van der Waals surface area contributed by atoms with Crippen LogP contribution < -0.4 is 19.5 Å². The lowest BCUT2D eigenvalue weighted by Crippen LogP contribution is -2.26. The normalized spacial score (nSPS) is 9.91. The van der Waals surface area contributed by atoms with Crippen molar-refractivity contribution in [3.8, 4) is 17.2 Å². The summed E-state index contributed by atoms with van der Waals surface area (Å²) in [5, 5.41) is 2.70. The molecule has 0 radical (unpaired) electrons. The van der Waals surface area contributed by atoms with Crippen LogP contribution in [0.5, 0.6) is 17.2 Å². The van der Waals surface area contributed by atoms with Crippen molar-refractivity contribution >= 4 is 6.09 Å². The van der Waals surface area contributed by atoms with E-state index in [4.69, 9.17) is 14.2 Å². The number of nitrogens with one attached hydrogen (secondary N) is 1. The SMILES string of the molecule is CCOc1ccccc1OC(=O)NCc1ccc(OC)cc1. The minimum Gasteiger partial charge on any atom is -0.497 e. The summed E-state index contributed by atoms with van der Waals surface area (Å²) in [6, 6.07) is 14.5. The van der Waals surface area contributed by atoms with E-state index in [1.807, 2.05) is 37.3 Å². The van der Waals surface area contributed by atoms with E-state index in [0.29, 0.717) is 24.7 Å². The van der Waals surface area contributed by atoms with Gasteiger partial charge in [-0.1, -0.05) is 24.3 Å². The van der Waals surface area contributed by atoms with E-state index < -0.39 is 6.09 Å². The Balaban J connectivity index is 1.90. The van der Waals surface area contributed by atoms with E-state index >= 15 is 0 Å². The molecule has 5 heteroatoms. The maximum absolute atomic E-state index is 11.9. The number of hydrogen-bond acceptors (Lipinski definition) is 4. The highest BCUT2D eigenvalue weighted by Crippen LogP contribution is 2.26. The molecule has 0 aliphatic carbocycles. The van der Waals surface area contributed by atoms with Crippen molar-refractivity contribution in [1.82, 2.24) is 5.32 Å². The molecule has 0 aliphatic rings. The highest BCUT2D eigenvalue weighted by molar-refractivity contribution is 5.71. The van der Waals surface area contributed by atoms with Crippen LogP contribution >= 0.6 is 0 Å². The predicted octanol–water partition coefficient (Wildman–Crippen LogP) is 3.38. The second kappa shape index (κ2) is 7.93. The molecular formula is C17H19NO4. The fourth-order valence-corrected chi connectivity index (χ4v) is 1.86. The maximum Gasteiger partial charge on any atom is 0.413 e. The van der Waals surface area contributed by atoms with Gasteiger partial charge in [0.1, 0.15) is 5.75 Å². The summed E-state index contributed by atoms with van der Waals surface area (Å²) in [4.78, 5) is 11.9. The highest BCUT2D eigenvalue weighted by atomic mass is 16.6. The number of carbonyl (C=O) groups excluding carboxylic acids is 1. The van der Waals surface area contributed by atoms with Crippen LogP contribution in [0.3, 0.4) is 0 Å². The van der Waals surface area contributed by atoms with E-state index in [1.165, 1.54) is 0 Å². The average Bonchev–Trinajstić information content (AvgIpc) is 2.55. The van der Waals surface area contributed by atoms with Gasteiger partial charge in [-0.3, -0.25) is 0 Å². The highest BCUT2D eigenvalue weighted by Gasteiger charge is 2.09. The molecule has 0 atom stereocenters. The Morgan fingerprint density at radius 3 is 2.36 bits per heavy atom. The molecule has 0 heterocycles. The average molecular weight is 301 g/mol. The number of amides is 1. The summed E-state index contributed by atoms with van der Waals surface area (Å²) in [7, 11) is 1.61. The summed E-state index contributed by atoms with van der Waals surface area (Å²) in [6.45, 7) is 2.76. The monoisotopic (exact) mass is 301 g/mol. The molecule has 0 bridgehead atoms. The molecule has 0 aliphatic heterocycles. The zero-order valence-corrected chi connectivity index (χ0v) is 12.7. The molecule has 22 heavy (non-hydrogen) atoms. The summed E-state index contributed by atoms with van der Waals surface area (Å²) in [5.74, 6) is 1.72. The van der Waals surface area contributed by atoms with Crippen LogP contribution in [0.2, 0.25) is 0 Å². The number of rotatable bonds is 6. The molecular weight excluding hydrogens is 282 g/mol. The quantitative estimate of drug-likeness (QED) is 0.888. The lowest BCUT2D eigenvalue weighted by Gasteiger charge is -2.11. The summed E-state index contributed by atoms with van der Waals surface area (Å²) in [5.41, 5.74) is 0.954. The van der Waals surface area contributed by atoms with Crippen molar-refractivity contribution in [2.45, 2.75) is 13.5 Å². The van der Waals surface area contributed by atoms with E-state index in [2.05, 4.69) is 5.32 Å². The van der Waals surface area contributed by atoms with Gasteiger partial charge in [0.25, 0.3) is 0 Å². The molecule has 0 saturated heterocycles. The third-order valence-electron chi connectivity index (χ3n) is 2.95. The molecule has 0 fully saturated rings. The van der Waals surface area contributed by atoms with Crippen LogP contribution in [0.25, 0.3) is 0 Å². The number of hydrogen-bond donors (Lipinski definition) is 1. The second-order valence-corrected chi connectivity index (χ2v) is 4.47. The Hall–Kier alpha value is -2.69. The van der Waals surface area contributed by atoms with Crippen LogP contribution in [-0.4, -0.2) is 19.8 Å². The second-order valence-electron chi connectivity index (χ2n) is 4.47. The molecule has 5 nitrogen and oxygen atoms in total. The zero-order valence-electron chi connectivity index (χ0n) is 12.7. The Kier molecular flexibility index (Phi) is 5.65. The first-order chi connectivity index (χ1) is 10.7. The molecule has 0 unspecified atom stereocenters. The van der Waals surface area contributed by atoms with Crippen molar-refractivity contribution in [3.63, 3.8) is 0 Å². The lowest BCUT2D eigenvalue weighted by molar-refractivity contribution is 0.197. The van der Waals surface area contributed by atoms with Gasteiger partial charge in [-0.05, 0) is 36.8 Å². The third-order valence-corrected chi connectivity index (χ3v) is 2.95. The predicted molar refractivity (Wildman–Crippen MR) is 83.5 cm³/mol. The van der Waals surface area contributed by atoms with Crippen molar-refractivity contribution < 1.29 is 19.0 Å². The fraction of sp³-hybridized carbons (Fsp3) is 0.235. The first kappa shape index (κ1) is 15.7. The smallest absolute Gasteiger partial charge is 0.413 e. The van der Waals surface area contributed by atoms with Crippen LogP contribution in [0, 0.1) is 0 Å². The Labute approximate surface area is 129 Å². The third kappa shape index (κ3) is 4.41. The van der Waals surface area contributed by atoms with Crippen molar-refractivity contribution in [2.75, 3.05) is 13.7 Å². The molecule has 2 aromatic carbocycles. The van der Waals surface area contributed by atoms with Crippen LogP contribution in [0.4, 0.5) is 4.79 Å². The minimum absolute atomic E-state index is 0.375. The Morgan fingerprint density at radius 2 is 1.73 bits per heavy atom. The summed E-state index contributed by atoms with van der Waals surface area (Å²) < 4.78 is 15.8. The number of methoxy groups -OCH3 is 1. The molecule has 116 valence electrons. The van der Waals surface area contributed by atoms with Crippen LogP contribution in [0.1, 0.15) is 12.5 Å². The number of para-hydroxylation sites is 2. The molecule has 0 spiro atoms. The van der Waals surface area contributed by atoms with Crippen molar-refractivity contribution in [1.29, 1.82) is 0 Å². The first-order valence-electron chi connectivity index (χ1n) is 7.03. The van der Waals surface area contributed by atoms with Gasteiger partial charge in [-0.15, -0.1) is 0 Å². The maximum atomic E-state index is 11.9. The topological polar surface area (TPSA) is 56.8 Å². The van der Waals surface area contributed by atoms with Gasteiger partial charge in [-0.25, -0.2) is 4.79 Å². The van der Waals surface area contributed by atoms with E-state index in [1.54, 1.807) is 25.3 Å². The largest absolute Gasteiger partial charge is 0.497 e. The van der Waals surface area contributed by atoms with Crippen LogP contribution in [-0.2, 0) is 6.54 Å². The summed E-state index contributed by atoms with van der Waals surface area (Å²) in [6.07, 6.45) is -0.525. The molecule has 1 amide bonds. The minimum atomic E-state index is -0.525. The lowest BCUT2D eigenvalue weighted by atomic mass is 10.2. The van der Waals surface area contributed by atoms with Gasteiger partial charge >= 0.3 is 6.09 Å². The van der Waals surface area contributed by atoms with E-state index in [9.17, 15) is 4.79 Å². The molecule has 1 N–H and O–H groups in total. The van der Waals surface area contributed by atoms with E-state index in [-0.39, 0.29) is 0 Å². The zero-order chi connectivity index (χ0) is 15.8. The Morgan fingerprint density at radius 1 is 1.05 bits per heavy atom. The van der Waals surface area contributed by atoms with Gasteiger partial charge in [0, 0.05) is 6.54 Å². The van der Waals surface area contributed by atoms with Gasteiger partial charge < -0.3 is 19.5 Å². The van der Waals surface area contributed by atoms with Gasteiger partial charge in [-0.2, -0.15) is 0 Å². The van der Waals surface area contributed by atoms with E-state index in [0.717, 1.165) is 11.3 Å².